The quantitative estimate of drug-likeness (QED) is 0.394. The molecule has 0 aliphatic heterocycles. The van der Waals surface area contributed by atoms with E-state index in [2.05, 4.69) is 15.5 Å². The second-order valence-electron chi connectivity index (χ2n) is 6.12. The van der Waals surface area contributed by atoms with Crippen molar-refractivity contribution < 1.29 is 18.7 Å². The Kier molecular flexibility index (Phi) is 4.62. The lowest BCUT2D eigenvalue weighted by atomic mass is 10.1. The number of nitrogens with zero attached hydrogens (tertiary/aromatic N) is 3. The summed E-state index contributed by atoms with van der Waals surface area (Å²) in [5, 5.41) is 17.5. The zero-order valence-electron chi connectivity index (χ0n) is 15.2. The highest BCUT2D eigenvalue weighted by molar-refractivity contribution is 6.04. The normalized spacial score (nSPS) is 10.7. The Labute approximate surface area is 164 Å². The van der Waals surface area contributed by atoms with Crippen LogP contribution in [0.15, 0.2) is 69.6 Å². The summed E-state index contributed by atoms with van der Waals surface area (Å²) in [6, 6.07) is 16.1. The Balaban J connectivity index is 1.58. The Hall–Kier alpha value is -4.27. The summed E-state index contributed by atoms with van der Waals surface area (Å²) in [6.45, 7) is 1.70. The SMILES string of the molecule is Cc1noc(-c2ccccc2NC(=O)c2ccc(-c3cccc([N+](=O)[O-])c3)o2)n1. The van der Waals surface area contributed by atoms with Gasteiger partial charge in [0.15, 0.2) is 11.6 Å². The van der Waals surface area contributed by atoms with E-state index in [1.54, 1.807) is 49.4 Å². The van der Waals surface area contributed by atoms with Gasteiger partial charge in [-0.3, -0.25) is 14.9 Å². The number of para-hydroxylation sites is 1. The standard InChI is InChI=1S/C20H14N4O5/c1-12-21-20(29-23-12)15-7-2-3-8-16(15)22-19(25)18-10-9-17(28-18)13-5-4-6-14(11-13)24(26)27/h2-11H,1H3,(H,22,25). The van der Waals surface area contributed by atoms with Gasteiger partial charge in [-0.1, -0.05) is 29.4 Å². The van der Waals surface area contributed by atoms with Crippen molar-refractivity contribution in [2.45, 2.75) is 6.92 Å². The van der Waals surface area contributed by atoms with Gasteiger partial charge in [0.2, 0.25) is 0 Å². The number of nitrogens with one attached hydrogen (secondary N) is 1. The minimum Gasteiger partial charge on any atom is -0.451 e. The Morgan fingerprint density at radius 2 is 1.93 bits per heavy atom. The first kappa shape index (κ1) is 18.1. The second kappa shape index (κ2) is 7.39. The summed E-state index contributed by atoms with van der Waals surface area (Å²) in [6.07, 6.45) is 0. The first-order chi connectivity index (χ1) is 14.0. The molecule has 29 heavy (non-hydrogen) atoms. The zero-order chi connectivity index (χ0) is 20.4. The fourth-order valence-electron chi connectivity index (χ4n) is 2.76. The van der Waals surface area contributed by atoms with Crippen molar-refractivity contribution in [1.29, 1.82) is 0 Å². The van der Waals surface area contributed by atoms with Crippen LogP contribution in [-0.4, -0.2) is 21.0 Å². The number of amides is 1. The number of carbonyl (C=O) groups is 1. The number of furan rings is 1. The summed E-state index contributed by atoms with van der Waals surface area (Å²) >= 11 is 0. The van der Waals surface area contributed by atoms with E-state index in [0.717, 1.165) is 0 Å². The molecule has 0 aliphatic rings. The van der Waals surface area contributed by atoms with Crippen molar-refractivity contribution in [2.75, 3.05) is 5.32 Å². The number of rotatable bonds is 5. The van der Waals surface area contributed by atoms with Gasteiger partial charge in [0.25, 0.3) is 17.5 Å². The van der Waals surface area contributed by atoms with Crippen LogP contribution in [-0.2, 0) is 0 Å². The Morgan fingerprint density at radius 3 is 2.69 bits per heavy atom. The molecule has 2 heterocycles. The minimum atomic E-state index is -0.490. The third-order valence-corrected chi connectivity index (χ3v) is 4.10. The molecule has 1 N–H and O–H groups in total. The number of non-ortho nitro benzene ring substituents is 1. The molecule has 0 saturated carbocycles. The van der Waals surface area contributed by atoms with E-state index in [9.17, 15) is 14.9 Å². The van der Waals surface area contributed by atoms with Crippen molar-refractivity contribution in [3.05, 3.63) is 82.4 Å². The lowest BCUT2D eigenvalue weighted by Crippen LogP contribution is -2.11. The third kappa shape index (κ3) is 3.74. The summed E-state index contributed by atoms with van der Waals surface area (Å²) < 4.78 is 10.8. The van der Waals surface area contributed by atoms with Gasteiger partial charge in [-0.25, -0.2) is 0 Å². The molecule has 0 spiro atoms. The molecule has 4 rings (SSSR count). The van der Waals surface area contributed by atoms with Crippen molar-refractivity contribution >= 4 is 17.3 Å². The monoisotopic (exact) mass is 390 g/mol. The van der Waals surface area contributed by atoms with Gasteiger partial charge in [-0.15, -0.1) is 0 Å². The van der Waals surface area contributed by atoms with E-state index >= 15 is 0 Å². The molecule has 9 nitrogen and oxygen atoms in total. The van der Waals surface area contributed by atoms with Crippen molar-refractivity contribution in [1.82, 2.24) is 10.1 Å². The van der Waals surface area contributed by atoms with Crippen molar-refractivity contribution in [3.8, 4) is 22.8 Å². The first-order valence-electron chi connectivity index (χ1n) is 8.57. The number of nitro groups is 1. The molecule has 0 unspecified atom stereocenters. The number of hydrogen-bond donors (Lipinski definition) is 1. The fourth-order valence-corrected chi connectivity index (χ4v) is 2.76. The molecular formula is C20H14N4O5. The smallest absolute Gasteiger partial charge is 0.291 e. The van der Waals surface area contributed by atoms with E-state index in [0.29, 0.717) is 28.4 Å². The average Bonchev–Trinajstić information content (AvgIpc) is 3.38. The average molecular weight is 390 g/mol. The van der Waals surface area contributed by atoms with Gasteiger partial charge >= 0.3 is 0 Å². The largest absolute Gasteiger partial charge is 0.451 e. The Bertz CT molecular complexity index is 1210. The molecule has 0 aliphatic carbocycles. The van der Waals surface area contributed by atoms with Gasteiger partial charge < -0.3 is 14.3 Å². The molecular weight excluding hydrogens is 376 g/mol. The first-order valence-corrected chi connectivity index (χ1v) is 8.57. The minimum absolute atomic E-state index is 0.0584. The van der Waals surface area contributed by atoms with E-state index in [4.69, 9.17) is 8.94 Å². The summed E-state index contributed by atoms with van der Waals surface area (Å²) in [7, 11) is 0. The maximum Gasteiger partial charge on any atom is 0.291 e. The van der Waals surface area contributed by atoms with Crippen LogP contribution in [0.5, 0.6) is 0 Å². The predicted octanol–water partition coefficient (Wildman–Crippen LogP) is 4.47. The predicted molar refractivity (Wildman–Crippen MR) is 103 cm³/mol. The Morgan fingerprint density at radius 1 is 1.10 bits per heavy atom. The van der Waals surface area contributed by atoms with E-state index in [1.807, 2.05) is 0 Å². The lowest BCUT2D eigenvalue weighted by molar-refractivity contribution is -0.384. The molecule has 4 aromatic rings. The van der Waals surface area contributed by atoms with Gasteiger partial charge in [0, 0.05) is 17.7 Å². The molecule has 0 saturated heterocycles. The number of carbonyl (C=O) groups excluding carboxylic acids is 1. The van der Waals surface area contributed by atoms with E-state index in [-0.39, 0.29) is 17.3 Å². The number of aromatic nitrogens is 2. The number of hydrogen-bond acceptors (Lipinski definition) is 7. The molecule has 9 heteroatoms. The maximum absolute atomic E-state index is 12.6. The van der Waals surface area contributed by atoms with Crippen LogP contribution >= 0.6 is 0 Å². The summed E-state index contributed by atoms with van der Waals surface area (Å²) in [5.41, 5.74) is 1.50. The molecule has 144 valence electrons. The van der Waals surface area contributed by atoms with Crippen LogP contribution in [0.25, 0.3) is 22.8 Å². The second-order valence-corrected chi connectivity index (χ2v) is 6.12. The number of nitro benzene ring substituents is 1. The van der Waals surface area contributed by atoms with Crippen LogP contribution in [0.2, 0.25) is 0 Å². The highest BCUT2D eigenvalue weighted by Crippen LogP contribution is 2.29. The molecule has 0 atom stereocenters. The lowest BCUT2D eigenvalue weighted by Gasteiger charge is -2.07. The third-order valence-electron chi connectivity index (χ3n) is 4.10. The van der Waals surface area contributed by atoms with E-state index in [1.165, 1.54) is 18.2 Å². The van der Waals surface area contributed by atoms with Gasteiger partial charge in [0.1, 0.15) is 5.76 Å². The highest BCUT2D eigenvalue weighted by Gasteiger charge is 2.17. The van der Waals surface area contributed by atoms with Crippen molar-refractivity contribution in [3.63, 3.8) is 0 Å². The highest BCUT2D eigenvalue weighted by atomic mass is 16.6. The molecule has 1 amide bonds. The molecule has 2 aromatic heterocycles. The van der Waals surface area contributed by atoms with Crippen LogP contribution < -0.4 is 5.32 Å². The molecule has 2 aromatic carbocycles. The molecule has 0 fully saturated rings. The van der Waals surface area contributed by atoms with E-state index < -0.39 is 10.8 Å². The fraction of sp³-hybridized carbons (Fsp3) is 0.0500. The van der Waals surface area contributed by atoms with Crippen LogP contribution in [0.3, 0.4) is 0 Å². The topological polar surface area (TPSA) is 124 Å². The van der Waals surface area contributed by atoms with Crippen LogP contribution in [0, 0.1) is 17.0 Å². The van der Waals surface area contributed by atoms with Crippen LogP contribution in [0.4, 0.5) is 11.4 Å². The maximum atomic E-state index is 12.6. The zero-order valence-corrected chi connectivity index (χ0v) is 15.2. The van der Waals surface area contributed by atoms with Gasteiger partial charge in [-0.2, -0.15) is 4.98 Å². The van der Waals surface area contributed by atoms with Crippen molar-refractivity contribution in [2.24, 2.45) is 0 Å². The summed E-state index contributed by atoms with van der Waals surface area (Å²) in [5.74, 6) is 0.692. The number of aryl methyl sites for hydroxylation is 1. The molecule has 0 bridgehead atoms. The summed E-state index contributed by atoms with van der Waals surface area (Å²) in [4.78, 5) is 27.3. The van der Waals surface area contributed by atoms with Crippen LogP contribution in [0.1, 0.15) is 16.4 Å². The number of benzene rings is 2. The van der Waals surface area contributed by atoms with Gasteiger partial charge in [0.05, 0.1) is 16.2 Å². The van der Waals surface area contributed by atoms with Gasteiger partial charge in [-0.05, 0) is 31.2 Å². The molecule has 0 radical (unpaired) electrons. The number of anilines is 1.